The van der Waals surface area contributed by atoms with Crippen molar-refractivity contribution in [3.8, 4) is 28.5 Å². The molecule has 0 radical (unpaired) electrons. The van der Waals surface area contributed by atoms with E-state index in [1.54, 1.807) is 0 Å². The molecule has 3 atom stereocenters. The molecule has 0 aliphatic carbocycles. The molecular formula is C29H29F4N3O7. The largest absolute Gasteiger partial charge is 0.493 e. The highest BCUT2D eigenvalue weighted by Gasteiger charge is 2.57. The second kappa shape index (κ2) is 11.7. The summed E-state index contributed by atoms with van der Waals surface area (Å²) in [6, 6.07) is 9.31. The van der Waals surface area contributed by atoms with Crippen molar-refractivity contribution in [3.63, 3.8) is 0 Å². The molecule has 10 nitrogen and oxygen atoms in total. The lowest BCUT2D eigenvalue weighted by atomic mass is 9.81. The average molecular weight is 608 g/mol. The number of carbonyl (C=O) groups excluding carboxylic acids is 2. The normalized spacial score (nSPS) is 18.2. The molecule has 1 aliphatic rings. The SMILES string of the molecule is COc1cc(C(=O)NCC(O)(c2cc3c(c(-c4ccc(F)cc4)n2)OC[C@]3(C)C(N)=O)C(F)(F)F)ccc1OC[C@@H](C)O. The molecule has 0 bridgehead atoms. The Bertz CT molecular complexity index is 1530. The molecule has 2 amide bonds. The van der Waals surface area contributed by atoms with Gasteiger partial charge in [0, 0.05) is 16.7 Å². The zero-order valence-electron chi connectivity index (χ0n) is 23.3. The highest BCUT2D eigenvalue weighted by atomic mass is 19.4. The molecule has 2 heterocycles. The Hall–Kier alpha value is -4.43. The van der Waals surface area contributed by atoms with Crippen LogP contribution in [0, 0.1) is 5.82 Å². The summed E-state index contributed by atoms with van der Waals surface area (Å²) >= 11 is 0. The van der Waals surface area contributed by atoms with Gasteiger partial charge in [-0.05, 0) is 62.4 Å². The zero-order chi connectivity index (χ0) is 31.7. The Morgan fingerprint density at radius 1 is 1.16 bits per heavy atom. The third-order valence-corrected chi connectivity index (χ3v) is 7.04. The second-order valence-corrected chi connectivity index (χ2v) is 10.3. The molecule has 0 fully saturated rings. The highest BCUT2D eigenvalue weighted by Crippen LogP contribution is 2.47. The molecule has 14 heteroatoms. The minimum absolute atomic E-state index is 0.0461. The number of aromatic nitrogens is 1. The lowest BCUT2D eigenvalue weighted by Gasteiger charge is -2.31. The number of nitrogens with zero attached hydrogens (tertiary/aromatic N) is 1. The third-order valence-electron chi connectivity index (χ3n) is 7.04. The Morgan fingerprint density at radius 3 is 2.42 bits per heavy atom. The van der Waals surface area contributed by atoms with Gasteiger partial charge in [-0.15, -0.1) is 0 Å². The van der Waals surface area contributed by atoms with Gasteiger partial charge in [0.25, 0.3) is 5.91 Å². The molecule has 2 aromatic carbocycles. The first-order chi connectivity index (χ1) is 20.1. The lowest BCUT2D eigenvalue weighted by Crippen LogP contribution is -2.51. The summed E-state index contributed by atoms with van der Waals surface area (Å²) in [7, 11) is 1.29. The minimum Gasteiger partial charge on any atom is -0.493 e. The van der Waals surface area contributed by atoms with E-state index in [0.29, 0.717) is 0 Å². The Labute approximate surface area is 243 Å². The summed E-state index contributed by atoms with van der Waals surface area (Å²) in [5.41, 5.74) is -0.930. The van der Waals surface area contributed by atoms with E-state index in [4.69, 9.17) is 19.9 Å². The number of nitrogens with one attached hydrogen (secondary N) is 1. The maximum atomic E-state index is 14.6. The summed E-state index contributed by atoms with van der Waals surface area (Å²) in [4.78, 5) is 29.3. The number of methoxy groups -OCH3 is 1. The van der Waals surface area contributed by atoms with Crippen molar-refractivity contribution >= 4 is 11.8 Å². The fourth-order valence-corrected chi connectivity index (χ4v) is 4.39. The number of aliphatic hydroxyl groups is 2. The van der Waals surface area contributed by atoms with E-state index in [-0.39, 0.29) is 52.8 Å². The van der Waals surface area contributed by atoms with E-state index in [2.05, 4.69) is 10.3 Å². The Balaban J connectivity index is 1.74. The number of hydrogen-bond donors (Lipinski definition) is 4. The van der Waals surface area contributed by atoms with Crippen molar-refractivity contribution in [1.82, 2.24) is 10.3 Å². The van der Waals surface area contributed by atoms with Gasteiger partial charge in [0.15, 0.2) is 11.5 Å². The molecule has 43 heavy (non-hydrogen) atoms. The number of primary amides is 1. The van der Waals surface area contributed by atoms with Gasteiger partial charge in [-0.2, -0.15) is 13.2 Å². The Morgan fingerprint density at radius 2 is 1.84 bits per heavy atom. The van der Waals surface area contributed by atoms with E-state index < -0.39 is 53.2 Å². The number of alkyl halides is 3. The number of aliphatic hydroxyl groups excluding tert-OH is 1. The van der Waals surface area contributed by atoms with Gasteiger partial charge in [0.1, 0.15) is 35.9 Å². The van der Waals surface area contributed by atoms with Gasteiger partial charge < -0.3 is 35.5 Å². The molecule has 0 spiro atoms. The van der Waals surface area contributed by atoms with Gasteiger partial charge in [-0.25, -0.2) is 9.37 Å². The molecule has 230 valence electrons. The molecule has 0 saturated carbocycles. The molecule has 3 aromatic rings. The number of benzene rings is 2. The van der Waals surface area contributed by atoms with Crippen LogP contribution in [0.4, 0.5) is 17.6 Å². The van der Waals surface area contributed by atoms with Crippen LogP contribution in [0.3, 0.4) is 0 Å². The van der Waals surface area contributed by atoms with Crippen molar-refractivity contribution in [2.75, 3.05) is 26.9 Å². The topological polar surface area (TPSA) is 153 Å². The minimum atomic E-state index is -5.37. The van der Waals surface area contributed by atoms with Crippen molar-refractivity contribution in [2.24, 2.45) is 5.73 Å². The van der Waals surface area contributed by atoms with E-state index >= 15 is 0 Å². The first kappa shape index (κ1) is 31.5. The first-order valence-corrected chi connectivity index (χ1v) is 12.9. The fraction of sp³-hybridized carbons (Fsp3) is 0.345. The van der Waals surface area contributed by atoms with Crippen LogP contribution in [-0.4, -0.2) is 66.2 Å². The Kier molecular flexibility index (Phi) is 8.56. The van der Waals surface area contributed by atoms with Crippen LogP contribution in [0.1, 0.15) is 35.5 Å². The molecular weight excluding hydrogens is 578 g/mol. The van der Waals surface area contributed by atoms with Gasteiger partial charge in [-0.3, -0.25) is 9.59 Å². The number of amides is 2. The molecule has 4 rings (SSSR count). The number of nitrogens with two attached hydrogens (primary N) is 1. The van der Waals surface area contributed by atoms with Crippen molar-refractivity contribution in [3.05, 3.63) is 71.2 Å². The van der Waals surface area contributed by atoms with Crippen LogP contribution in [0.15, 0.2) is 48.5 Å². The van der Waals surface area contributed by atoms with Crippen LogP contribution >= 0.6 is 0 Å². The molecule has 1 aliphatic heterocycles. The standard InChI is InChI=1S/C29H29F4N3O7/c1-15(37)12-42-20-9-6-17(10-21(20)41-3)25(38)35-13-28(40,29(31,32)33)22-11-19-24(43-14-27(19,2)26(34)39)23(36-22)16-4-7-18(30)8-5-16/h4-11,15,37,40H,12-14H2,1-3H3,(H2,34,39)(H,35,38)/t15-,27+,28?/m1/s1. The number of pyridine rings is 1. The van der Waals surface area contributed by atoms with E-state index in [1.807, 2.05) is 0 Å². The molecule has 1 aromatic heterocycles. The lowest BCUT2D eigenvalue weighted by molar-refractivity contribution is -0.265. The molecule has 5 N–H and O–H groups in total. The van der Waals surface area contributed by atoms with E-state index in [0.717, 1.165) is 18.2 Å². The fourth-order valence-electron chi connectivity index (χ4n) is 4.39. The van der Waals surface area contributed by atoms with Crippen molar-refractivity contribution < 1.29 is 51.6 Å². The number of rotatable bonds is 10. The summed E-state index contributed by atoms with van der Waals surface area (Å²) in [6.45, 7) is 1.11. The summed E-state index contributed by atoms with van der Waals surface area (Å²) in [6.07, 6.45) is -6.17. The van der Waals surface area contributed by atoms with E-state index in [1.165, 1.54) is 51.3 Å². The maximum Gasteiger partial charge on any atom is 0.424 e. The predicted octanol–water partition coefficient (Wildman–Crippen LogP) is 2.97. The highest BCUT2D eigenvalue weighted by molar-refractivity contribution is 5.95. The van der Waals surface area contributed by atoms with Gasteiger partial charge in [0.05, 0.1) is 25.5 Å². The summed E-state index contributed by atoms with van der Waals surface area (Å²) < 4.78 is 73.6. The van der Waals surface area contributed by atoms with Crippen LogP contribution in [-0.2, 0) is 15.8 Å². The van der Waals surface area contributed by atoms with E-state index in [9.17, 15) is 37.4 Å². The maximum absolute atomic E-state index is 14.6. The first-order valence-electron chi connectivity index (χ1n) is 12.9. The quantitative estimate of drug-likeness (QED) is 0.257. The molecule has 0 saturated heterocycles. The number of ether oxygens (including phenoxy) is 3. The number of carbonyl (C=O) groups is 2. The van der Waals surface area contributed by atoms with Gasteiger partial charge in [-0.1, -0.05) is 0 Å². The van der Waals surface area contributed by atoms with Crippen molar-refractivity contribution in [1.29, 1.82) is 0 Å². The van der Waals surface area contributed by atoms with Gasteiger partial charge >= 0.3 is 6.18 Å². The summed E-state index contributed by atoms with van der Waals surface area (Å²) in [5.74, 6) is -2.29. The predicted molar refractivity (Wildman–Crippen MR) is 144 cm³/mol. The molecule has 1 unspecified atom stereocenters. The number of fused-ring (bicyclic) bond motifs is 1. The third kappa shape index (κ3) is 6.06. The zero-order valence-corrected chi connectivity index (χ0v) is 23.3. The number of halogens is 4. The van der Waals surface area contributed by atoms with Crippen LogP contribution < -0.4 is 25.3 Å². The number of hydrogen-bond acceptors (Lipinski definition) is 8. The monoisotopic (exact) mass is 607 g/mol. The van der Waals surface area contributed by atoms with Crippen LogP contribution in [0.2, 0.25) is 0 Å². The second-order valence-electron chi connectivity index (χ2n) is 10.3. The van der Waals surface area contributed by atoms with Crippen LogP contribution in [0.5, 0.6) is 17.2 Å². The smallest absolute Gasteiger partial charge is 0.424 e. The van der Waals surface area contributed by atoms with Crippen LogP contribution in [0.25, 0.3) is 11.3 Å². The average Bonchev–Trinajstić information content (AvgIpc) is 3.31. The van der Waals surface area contributed by atoms with Gasteiger partial charge in [0.2, 0.25) is 11.5 Å². The summed E-state index contributed by atoms with van der Waals surface area (Å²) in [5, 5.41) is 22.7. The van der Waals surface area contributed by atoms with Crippen molar-refractivity contribution in [2.45, 2.75) is 37.1 Å².